The van der Waals surface area contributed by atoms with E-state index in [0.717, 1.165) is 50.5 Å². The van der Waals surface area contributed by atoms with E-state index in [0.29, 0.717) is 23.6 Å². The van der Waals surface area contributed by atoms with Crippen LogP contribution in [0.2, 0.25) is 5.02 Å². The minimum atomic E-state index is -1.46. The van der Waals surface area contributed by atoms with E-state index in [9.17, 15) is 24.3 Å². The molecule has 5 N–H and O–H groups in total. The smallest absolute Gasteiger partial charge is 0.251 e. The second kappa shape index (κ2) is 16.4. The van der Waals surface area contributed by atoms with E-state index in [2.05, 4.69) is 27.4 Å². The Morgan fingerprint density at radius 3 is 2.47 bits per heavy atom. The van der Waals surface area contributed by atoms with Crippen LogP contribution in [-0.4, -0.2) is 76.1 Å². The zero-order valence-corrected chi connectivity index (χ0v) is 31.1. The molecule has 1 aromatic rings. The van der Waals surface area contributed by atoms with Crippen LogP contribution in [0, 0.1) is 29.6 Å². The van der Waals surface area contributed by atoms with Crippen molar-refractivity contribution in [1.29, 1.82) is 0 Å². The fourth-order valence-electron chi connectivity index (χ4n) is 7.62. The van der Waals surface area contributed by atoms with Gasteiger partial charge in [0.25, 0.3) is 5.91 Å². The van der Waals surface area contributed by atoms with Crippen molar-refractivity contribution in [3.05, 3.63) is 40.9 Å². The van der Waals surface area contributed by atoms with Gasteiger partial charge in [0.15, 0.2) is 6.10 Å². The van der Waals surface area contributed by atoms with Crippen LogP contribution < -0.4 is 21.4 Å². The van der Waals surface area contributed by atoms with Crippen LogP contribution >= 0.6 is 11.6 Å². The summed E-state index contributed by atoms with van der Waals surface area (Å²) >= 11 is 6.27. The second-order valence-electron chi connectivity index (χ2n) is 15.9. The number of carbonyl (C=O) groups excluding carboxylic acids is 4. The molecule has 1 saturated heterocycles. The van der Waals surface area contributed by atoms with E-state index in [-0.39, 0.29) is 37.3 Å². The molecule has 6 atom stereocenters. The minimum Gasteiger partial charge on any atom is -0.381 e. The molecule has 0 aromatic heterocycles. The lowest BCUT2D eigenvalue weighted by Gasteiger charge is -2.37. The Morgan fingerprint density at radius 1 is 1.12 bits per heavy atom. The molecule has 2 saturated carbocycles. The number of rotatable bonds is 13. The van der Waals surface area contributed by atoms with Gasteiger partial charge in [-0.05, 0) is 61.6 Å². The SMILES string of the molecule is C#CC[C@H](C(=O)N[C@H](C(=O)N1C[C@@]2(C=C(c3cccc(Cl)c3)NO2)C[C@H]1C(=O)N[C@@H](CCC)C(O)C(=O)NC1CC1)C(C)(C)C)C1CCCCC1. The van der Waals surface area contributed by atoms with Crippen molar-refractivity contribution in [2.75, 3.05) is 6.54 Å². The summed E-state index contributed by atoms with van der Waals surface area (Å²) in [6.45, 7) is 7.56. The van der Waals surface area contributed by atoms with Crippen LogP contribution in [0.3, 0.4) is 0 Å². The van der Waals surface area contributed by atoms with Gasteiger partial charge in [-0.2, -0.15) is 0 Å². The summed E-state index contributed by atoms with van der Waals surface area (Å²) in [5.41, 5.74) is 2.59. The first-order valence-corrected chi connectivity index (χ1v) is 18.9. The number of carbonyl (C=O) groups is 4. The van der Waals surface area contributed by atoms with Crippen molar-refractivity contribution >= 4 is 40.9 Å². The number of terminal acetylenes is 1. The number of benzene rings is 1. The molecule has 11 nitrogen and oxygen atoms in total. The van der Waals surface area contributed by atoms with Gasteiger partial charge in [-0.3, -0.25) is 29.5 Å². The highest BCUT2D eigenvalue weighted by atomic mass is 35.5. The lowest BCUT2D eigenvalue weighted by atomic mass is 9.77. The largest absolute Gasteiger partial charge is 0.381 e. The molecule has 3 fully saturated rings. The molecule has 2 aliphatic carbocycles. The zero-order chi connectivity index (χ0) is 36.9. The normalized spacial score (nSPS) is 24.5. The van der Waals surface area contributed by atoms with Crippen molar-refractivity contribution in [1.82, 2.24) is 26.3 Å². The molecule has 0 radical (unpaired) electrons. The molecule has 4 amide bonds. The Hall–Kier alpha value is -3.59. The number of hydrogen-bond acceptors (Lipinski definition) is 7. The Bertz CT molecular complexity index is 1530. The number of halogens is 1. The molecule has 51 heavy (non-hydrogen) atoms. The van der Waals surface area contributed by atoms with Gasteiger partial charge in [0.2, 0.25) is 17.7 Å². The Balaban J connectivity index is 1.44. The summed E-state index contributed by atoms with van der Waals surface area (Å²) in [5.74, 6) is 0.685. The van der Waals surface area contributed by atoms with Crippen LogP contribution in [0.4, 0.5) is 0 Å². The van der Waals surface area contributed by atoms with Gasteiger partial charge in [-0.1, -0.05) is 77.1 Å². The molecule has 1 aromatic carbocycles. The lowest BCUT2D eigenvalue weighted by Crippen LogP contribution is -2.60. The number of aliphatic hydroxyl groups is 1. The van der Waals surface area contributed by atoms with Crippen molar-refractivity contribution in [2.45, 2.75) is 134 Å². The zero-order valence-electron chi connectivity index (χ0n) is 30.3. The fourth-order valence-corrected chi connectivity index (χ4v) is 7.81. The highest BCUT2D eigenvalue weighted by Crippen LogP contribution is 2.39. The van der Waals surface area contributed by atoms with Crippen LogP contribution in [-0.2, 0) is 24.0 Å². The summed E-state index contributed by atoms with van der Waals surface area (Å²) in [4.78, 5) is 63.5. The van der Waals surface area contributed by atoms with Gasteiger partial charge in [0.1, 0.15) is 17.7 Å². The van der Waals surface area contributed by atoms with Crippen LogP contribution in [0.1, 0.15) is 104 Å². The lowest BCUT2D eigenvalue weighted by molar-refractivity contribution is -0.145. The average Bonchev–Trinajstić information content (AvgIpc) is 3.69. The van der Waals surface area contributed by atoms with E-state index >= 15 is 0 Å². The van der Waals surface area contributed by atoms with Crippen molar-refractivity contribution in [3.8, 4) is 12.3 Å². The monoisotopic (exact) mass is 723 g/mol. The first-order chi connectivity index (χ1) is 24.2. The minimum absolute atomic E-state index is 0.0169. The van der Waals surface area contributed by atoms with Gasteiger partial charge >= 0.3 is 0 Å². The van der Waals surface area contributed by atoms with Crippen molar-refractivity contribution in [3.63, 3.8) is 0 Å². The number of hydroxylamine groups is 1. The third-order valence-electron chi connectivity index (χ3n) is 10.6. The third-order valence-corrected chi connectivity index (χ3v) is 10.9. The van der Waals surface area contributed by atoms with E-state index in [1.165, 1.54) is 4.90 Å². The number of hydrogen-bond donors (Lipinski definition) is 5. The summed E-state index contributed by atoms with van der Waals surface area (Å²) in [7, 11) is 0. The summed E-state index contributed by atoms with van der Waals surface area (Å²) in [6, 6.07) is 4.42. The van der Waals surface area contributed by atoms with E-state index in [1.54, 1.807) is 12.1 Å². The maximum Gasteiger partial charge on any atom is 0.251 e. The topological polar surface area (TPSA) is 149 Å². The molecule has 12 heteroatoms. The molecule has 0 bridgehead atoms. The first kappa shape index (κ1) is 38.6. The average molecular weight is 724 g/mol. The third kappa shape index (κ3) is 9.45. The van der Waals surface area contributed by atoms with Crippen LogP contribution in [0.25, 0.3) is 5.70 Å². The van der Waals surface area contributed by atoms with Gasteiger partial charge in [0, 0.05) is 29.5 Å². The molecule has 1 spiro atoms. The molecule has 2 aliphatic heterocycles. The van der Waals surface area contributed by atoms with Crippen LogP contribution in [0.5, 0.6) is 0 Å². The second-order valence-corrected chi connectivity index (χ2v) is 16.3. The number of nitrogens with one attached hydrogen (secondary N) is 4. The summed E-state index contributed by atoms with van der Waals surface area (Å²) < 4.78 is 0. The van der Waals surface area contributed by atoms with Gasteiger partial charge in [-0.15, -0.1) is 12.3 Å². The maximum absolute atomic E-state index is 14.8. The molecule has 4 aliphatic rings. The predicted molar refractivity (Wildman–Crippen MR) is 195 cm³/mol. The van der Waals surface area contributed by atoms with E-state index < -0.39 is 58.9 Å². The molecule has 5 rings (SSSR count). The Kier molecular flexibility index (Phi) is 12.4. The fraction of sp³-hybridized carbons (Fsp3) is 0.641. The molecular weight excluding hydrogens is 670 g/mol. The van der Waals surface area contributed by atoms with Crippen LogP contribution in [0.15, 0.2) is 30.3 Å². The Labute approximate surface area is 307 Å². The number of likely N-dealkylation sites (tertiary alicyclic amines) is 1. The standard InChI is InChI=1S/C39H54ClN5O6/c1-6-12-28(24-14-9-8-10-15-24)34(47)43-33(38(3,4)5)37(50)45-23-39(21-30(44-51-39)25-16-11-17-26(40)20-25)22-31(45)35(48)42-29(13-7-2)32(46)36(49)41-27-18-19-27/h1,11,16-17,20-21,24,27-29,31-33,44,46H,7-10,12-15,18-19,22-23H2,2-5H3,(H,41,49)(H,42,48)(H,43,47)/t28-,29-,31-,32?,33+,39+/m0/s1. The van der Waals surface area contributed by atoms with Gasteiger partial charge in [0.05, 0.1) is 24.2 Å². The maximum atomic E-state index is 14.8. The number of aliphatic hydroxyl groups excluding tert-OH is 1. The quantitative estimate of drug-likeness (QED) is 0.191. The number of amides is 4. The van der Waals surface area contributed by atoms with Gasteiger partial charge in [-0.25, -0.2) is 0 Å². The van der Waals surface area contributed by atoms with Crippen molar-refractivity contribution in [2.24, 2.45) is 17.3 Å². The molecule has 278 valence electrons. The Morgan fingerprint density at radius 2 is 1.84 bits per heavy atom. The van der Waals surface area contributed by atoms with E-state index in [4.69, 9.17) is 22.9 Å². The summed E-state index contributed by atoms with van der Waals surface area (Å²) in [5, 5.41) is 20.4. The predicted octanol–water partition coefficient (Wildman–Crippen LogP) is 4.23. The highest BCUT2D eigenvalue weighted by molar-refractivity contribution is 6.30. The van der Waals surface area contributed by atoms with Gasteiger partial charge < -0.3 is 26.0 Å². The van der Waals surface area contributed by atoms with Crippen molar-refractivity contribution < 1.29 is 29.1 Å². The highest BCUT2D eigenvalue weighted by Gasteiger charge is 2.54. The molecule has 2 heterocycles. The molecule has 1 unspecified atom stereocenters. The summed E-state index contributed by atoms with van der Waals surface area (Å²) in [6.07, 6.45) is 14.3. The number of nitrogens with zero attached hydrogens (tertiary/aromatic N) is 1. The van der Waals surface area contributed by atoms with E-state index in [1.807, 2.05) is 45.9 Å². The first-order valence-electron chi connectivity index (χ1n) is 18.5. The molecular formula is C39H54ClN5O6.